The normalized spacial score (nSPS) is 12.2. The Balaban J connectivity index is 2.63. The molecular formula is C10H13NO2S. The molecule has 1 aromatic heterocycles. The van der Waals surface area contributed by atoms with Crippen molar-refractivity contribution < 1.29 is 9.59 Å². The van der Waals surface area contributed by atoms with E-state index in [1.165, 1.54) is 18.3 Å². The number of hydrogen-bond donors (Lipinski definition) is 1. The first kappa shape index (κ1) is 10.9. The van der Waals surface area contributed by atoms with E-state index in [1.807, 2.05) is 18.4 Å². The highest BCUT2D eigenvalue weighted by molar-refractivity contribution is 7.12. The van der Waals surface area contributed by atoms with Crippen LogP contribution in [0.1, 0.15) is 29.1 Å². The van der Waals surface area contributed by atoms with Gasteiger partial charge in [0, 0.05) is 0 Å². The molecule has 76 valence electrons. The van der Waals surface area contributed by atoms with Crippen LogP contribution in [-0.4, -0.2) is 17.7 Å². The molecule has 0 radical (unpaired) electrons. The maximum Gasteiger partial charge on any atom is 0.261 e. The van der Waals surface area contributed by atoms with Gasteiger partial charge in [-0.25, -0.2) is 0 Å². The largest absolute Gasteiger partial charge is 0.342 e. The molecule has 14 heavy (non-hydrogen) atoms. The van der Waals surface area contributed by atoms with E-state index < -0.39 is 6.04 Å². The Morgan fingerprint density at radius 3 is 2.57 bits per heavy atom. The van der Waals surface area contributed by atoms with Crippen molar-refractivity contribution in [3.63, 3.8) is 0 Å². The number of nitrogens with one attached hydrogen (secondary N) is 1. The van der Waals surface area contributed by atoms with Gasteiger partial charge < -0.3 is 5.32 Å². The van der Waals surface area contributed by atoms with Gasteiger partial charge in [-0.2, -0.15) is 0 Å². The smallest absolute Gasteiger partial charge is 0.261 e. The van der Waals surface area contributed by atoms with Crippen LogP contribution in [0, 0.1) is 6.92 Å². The van der Waals surface area contributed by atoms with E-state index in [-0.39, 0.29) is 11.7 Å². The third kappa shape index (κ3) is 2.67. The first-order chi connectivity index (χ1) is 6.50. The summed E-state index contributed by atoms with van der Waals surface area (Å²) < 4.78 is 0. The summed E-state index contributed by atoms with van der Waals surface area (Å²) in [5, 5.41) is 4.54. The number of carbonyl (C=O) groups excluding carboxylic acids is 2. The fourth-order valence-corrected chi connectivity index (χ4v) is 1.72. The molecule has 3 nitrogen and oxygen atoms in total. The van der Waals surface area contributed by atoms with Gasteiger partial charge in [-0.05, 0) is 37.8 Å². The van der Waals surface area contributed by atoms with Crippen molar-refractivity contribution >= 4 is 23.0 Å². The summed E-state index contributed by atoms with van der Waals surface area (Å²) in [4.78, 5) is 23.1. The molecule has 0 aliphatic carbocycles. The van der Waals surface area contributed by atoms with E-state index in [0.29, 0.717) is 4.88 Å². The molecule has 0 aliphatic heterocycles. The van der Waals surface area contributed by atoms with Crippen LogP contribution in [0.4, 0.5) is 0 Å². The predicted molar refractivity (Wildman–Crippen MR) is 56.7 cm³/mol. The van der Waals surface area contributed by atoms with Gasteiger partial charge in [0.15, 0.2) is 5.78 Å². The van der Waals surface area contributed by atoms with Gasteiger partial charge in [-0.1, -0.05) is 0 Å². The van der Waals surface area contributed by atoms with Crippen molar-refractivity contribution in [1.29, 1.82) is 0 Å². The summed E-state index contributed by atoms with van der Waals surface area (Å²) in [7, 11) is 0. The second-order valence-corrected chi connectivity index (χ2v) is 4.21. The van der Waals surface area contributed by atoms with Crippen molar-refractivity contribution in [2.45, 2.75) is 26.8 Å². The van der Waals surface area contributed by atoms with Gasteiger partial charge in [0.1, 0.15) is 0 Å². The van der Waals surface area contributed by atoms with Crippen LogP contribution < -0.4 is 5.32 Å². The summed E-state index contributed by atoms with van der Waals surface area (Å²) in [6, 6.07) is 1.40. The Kier molecular flexibility index (Phi) is 3.41. The Morgan fingerprint density at radius 2 is 2.14 bits per heavy atom. The number of amides is 1. The average Bonchev–Trinajstić information content (AvgIpc) is 2.51. The highest BCUT2D eigenvalue weighted by atomic mass is 32.1. The highest BCUT2D eigenvalue weighted by Crippen LogP contribution is 2.13. The Morgan fingerprint density at radius 1 is 1.50 bits per heavy atom. The van der Waals surface area contributed by atoms with E-state index in [2.05, 4.69) is 5.32 Å². The SMILES string of the molecule is CC(=O)C(C)NC(=O)c1cc(C)cs1. The van der Waals surface area contributed by atoms with E-state index in [4.69, 9.17) is 0 Å². The molecule has 0 spiro atoms. The fourth-order valence-electron chi connectivity index (χ4n) is 0.920. The summed E-state index contributed by atoms with van der Waals surface area (Å²) >= 11 is 1.39. The van der Waals surface area contributed by atoms with Crippen molar-refractivity contribution in [1.82, 2.24) is 5.32 Å². The molecule has 0 saturated carbocycles. The second kappa shape index (κ2) is 4.37. The lowest BCUT2D eigenvalue weighted by Crippen LogP contribution is -2.36. The first-order valence-electron chi connectivity index (χ1n) is 4.37. The van der Waals surface area contributed by atoms with E-state index in [1.54, 1.807) is 6.92 Å². The predicted octanol–water partition coefficient (Wildman–Crippen LogP) is 1.76. The van der Waals surface area contributed by atoms with Crippen LogP contribution in [0.25, 0.3) is 0 Å². The van der Waals surface area contributed by atoms with Crippen LogP contribution >= 0.6 is 11.3 Å². The minimum absolute atomic E-state index is 0.0355. The molecule has 0 fully saturated rings. The van der Waals surface area contributed by atoms with Crippen LogP contribution in [0.2, 0.25) is 0 Å². The number of hydrogen-bond acceptors (Lipinski definition) is 3. The van der Waals surface area contributed by atoms with Crippen LogP contribution in [0.15, 0.2) is 11.4 Å². The van der Waals surface area contributed by atoms with E-state index in [0.717, 1.165) is 5.56 Å². The Labute approximate surface area is 87.1 Å². The molecule has 1 heterocycles. The maximum absolute atomic E-state index is 11.5. The summed E-state index contributed by atoms with van der Waals surface area (Å²) in [5.41, 5.74) is 1.07. The van der Waals surface area contributed by atoms with Crippen molar-refractivity contribution in [3.8, 4) is 0 Å². The summed E-state index contributed by atoms with van der Waals surface area (Å²) in [5.74, 6) is -0.211. The van der Waals surface area contributed by atoms with E-state index in [9.17, 15) is 9.59 Å². The minimum atomic E-state index is -0.412. The van der Waals surface area contributed by atoms with Gasteiger partial charge in [-0.15, -0.1) is 11.3 Å². The third-order valence-electron chi connectivity index (χ3n) is 1.91. The molecule has 0 saturated heterocycles. The number of ketones is 1. The lowest BCUT2D eigenvalue weighted by molar-refractivity contribution is -0.118. The first-order valence-corrected chi connectivity index (χ1v) is 5.25. The highest BCUT2D eigenvalue weighted by Gasteiger charge is 2.13. The summed E-state index contributed by atoms with van der Waals surface area (Å²) in [6.45, 7) is 5.08. The van der Waals surface area contributed by atoms with Crippen molar-refractivity contribution in [2.24, 2.45) is 0 Å². The molecule has 1 amide bonds. The average molecular weight is 211 g/mol. The zero-order valence-electron chi connectivity index (χ0n) is 8.46. The van der Waals surface area contributed by atoms with Gasteiger partial charge in [0.2, 0.25) is 0 Å². The van der Waals surface area contributed by atoms with Gasteiger partial charge in [0.25, 0.3) is 5.91 Å². The minimum Gasteiger partial charge on any atom is -0.342 e. The molecule has 1 N–H and O–H groups in total. The van der Waals surface area contributed by atoms with Crippen LogP contribution in [0.3, 0.4) is 0 Å². The number of Topliss-reactive ketones (excluding diaryl/α,β-unsaturated/α-hetero) is 1. The maximum atomic E-state index is 11.5. The number of thiophene rings is 1. The lowest BCUT2D eigenvalue weighted by Gasteiger charge is -2.08. The molecule has 0 aromatic carbocycles. The van der Waals surface area contributed by atoms with Crippen LogP contribution in [-0.2, 0) is 4.79 Å². The quantitative estimate of drug-likeness (QED) is 0.828. The summed E-state index contributed by atoms with van der Waals surface area (Å²) in [6.07, 6.45) is 0. The van der Waals surface area contributed by atoms with Gasteiger partial charge in [-0.3, -0.25) is 9.59 Å². The fraction of sp³-hybridized carbons (Fsp3) is 0.400. The zero-order valence-corrected chi connectivity index (χ0v) is 9.27. The van der Waals surface area contributed by atoms with Gasteiger partial charge >= 0.3 is 0 Å². The Bertz CT molecular complexity index is 357. The number of carbonyl (C=O) groups is 2. The molecule has 1 unspecified atom stereocenters. The molecule has 1 atom stereocenters. The lowest BCUT2D eigenvalue weighted by atomic mass is 10.2. The van der Waals surface area contributed by atoms with Gasteiger partial charge in [0.05, 0.1) is 10.9 Å². The monoisotopic (exact) mass is 211 g/mol. The van der Waals surface area contributed by atoms with Crippen LogP contribution in [0.5, 0.6) is 0 Å². The standard InChI is InChI=1S/C10H13NO2S/c1-6-4-9(14-5-6)10(13)11-7(2)8(3)12/h4-5,7H,1-3H3,(H,11,13). The molecule has 1 aromatic rings. The third-order valence-corrected chi connectivity index (χ3v) is 2.96. The molecule has 0 aliphatic rings. The van der Waals surface area contributed by atoms with Crippen molar-refractivity contribution in [2.75, 3.05) is 0 Å². The Hall–Kier alpha value is -1.16. The molecule has 0 bridgehead atoms. The molecular weight excluding hydrogens is 198 g/mol. The number of rotatable bonds is 3. The second-order valence-electron chi connectivity index (χ2n) is 3.29. The zero-order chi connectivity index (χ0) is 10.7. The van der Waals surface area contributed by atoms with Crippen molar-refractivity contribution in [3.05, 3.63) is 21.9 Å². The molecule has 4 heteroatoms. The number of aryl methyl sites for hydroxylation is 1. The van der Waals surface area contributed by atoms with E-state index >= 15 is 0 Å². The molecule has 1 rings (SSSR count). The topological polar surface area (TPSA) is 46.2 Å².